The van der Waals surface area contributed by atoms with Crippen molar-refractivity contribution in [2.75, 3.05) is 13.1 Å². The molecule has 0 aromatic carbocycles. The van der Waals surface area contributed by atoms with Gasteiger partial charge in [0.1, 0.15) is 0 Å². The van der Waals surface area contributed by atoms with E-state index in [4.69, 9.17) is 5.11 Å². The Bertz CT molecular complexity index is 293. The molecule has 0 aliphatic carbocycles. The van der Waals surface area contributed by atoms with Gasteiger partial charge in [-0.05, 0) is 26.2 Å². The van der Waals surface area contributed by atoms with Gasteiger partial charge in [0, 0.05) is 19.0 Å². The molecule has 98 valence electrons. The molecule has 1 fully saturated rings. The number of amides is 1. The van der Waals surface area contributed by atoms with Crippen LogP contribution in [0, 0.1) is 11.3 Å². The zero-order valence-electron chi connectivity index (χ0n) is 11.0. The zero-order valence-corrected chi connectivity index (χ0v) is 11.0. The standard InChI is InChI=1S/C13H23NO3/c1-4-5-10(2)11(15)14-8-6-13(3,7-9-14)12(16)17/h10H,4-9H2,1-3H3,(H,16,17). The maximum atomic E-state index is 12.0. The van der Waals surface area contributed by atoms with Gasteiger partial charge in [0.15, 0.2) is 0 Å². The van der Waals surface area contributed by atoms with Crippen molar-refractivity contribution in [3.63, 3.8) is 0 Å². The lowest BCUT2D eigenvalue weighted by Crippen LogP contribution is -2.46. The van der Waals surface area contributed by atoms with Crippen LogP contribution in [-0.2, 0) is 9.59 Å². The predicted octanol–water partition coefficient (Wildman–Crippen LogP) is 2.14. The van der Waals surface area contributed by atoms with Crippen molar-refractivity contribution in [2.45, 2.75) is 46.5 Å². The average molecular weight is 241 g/mol. The van der Waals surface area contributed by atoms with Crippen LogP contribution < -0.4 is 0 Å². The van der Waals surface area contributed by atoms with Gasteiger partial charge in [-0.15, -0.1) is 0 Å². The lowest BCUT2D eigenvalue weighted by Gasteiger charge is -2.37. The molecule has 1 saturated heterocycles. The van der Waals surface area contributed by atoms with Crippen LogP contribution in [0.1, 0.15) is 46.5 Å². The van der Waals surface area contributed by atoms with Crippen molar-refractivity contribution in [2.24, 2.45) is 11.3 Å². The van der Waals surface area contributed by atoms with Gasteiger partial charge < -0.3 is 10.0 Å². The third kappa shape index (κ3) is 3.20. The number of carbonyl (C=O) groups is 2. The number of carboxylic acid groups (broad SMARTS) is 1. The van der Waals surface area contributed by atoms with Crippen LogP contribution in [0.25, 0.3) is 0 Å². The Labute approximate surface area is 103 Å². The van der Waals surface area contributed by atoms with E-state index in [0.717, 1.165) is 12.8 Å². The molecule has 0 aromatic rings. The number of nitrogens with zero attached hydrogens (tertiary/aromatic N) is 1. The van der Waals surface area contributed by atoms with E-state index in [1.165, 1.54) is 0 Å². The van der Waals surface area contributed by atoms with Gasteiger partial charge >= 0.3 is 5.97 Å². The second-order valence-corrected chi connectivity index (χ2v) is 5.38. The first-order chi connectivity index (χ1) is 7.90. The Balaban J connectivity index is 2.52. The van der Waals surface area contributed by atoms with E-state index < -0.39 is 11.4 Å². The third-order valence-corrected chi connectivity index (χ3v) is 3.84. The predicted molar refractivity (Wildman–Crippen MR) is 65.6 cm³/mol. The van der Waals surface area contributed by atoms with Crippen LogP contribution in [0.3, 0.4) is 0 Å². The van der Waals surface area contributed by atoms with Crippen molar-refractivity contribution >= 4 is 11.9 Å². The molecular formula is C13H23NO3. The highest BCUT2D eigenvalue weighted by Crippen LogP contribution is 2.31. The Morgan fingerprint density at radius 2 is 1.88 bits per heavy atom. The molecule has 1 unspecified atom stereocenters. The van der Waals surface area contributed by atoms with Gasteiger partial charge in [-0.3, -0.25) is 9.59 Å². The molecule has 0 radical (unpaired) electrons. The van der Waals surface area contributed by atoms with E-state index in [9.17, 15) is 9.59 Å². The van der Waals surface area contributed by atoms with E-state index in [1.807, 2.05) is 11.8 Å². The van der Waals surface area contributed by atoms with Crippen LogP contribution in [0.2, 0.25) is 0 Å². The van der Waals surface area contributed by atoms with Crippen molar-refractivity contribution in [3.8, 4) is 0 Å². The molecular weight excluding hydrogens is 218 g/mol. The van der Waals surface area contributed by atoms with Gasteiger partial charge in [-0.1, -0.05) is 20.3 Å². The number of likely N-dealkylation sites (tertiary alicyclic amines) is 1. The second kappa shape index (κ2) is 5.52. The van der Waals surface area contributed by atoms with E-state index >= 15 is 0 Å². The number of hydrogen-bond acceptors (Lipinski definition) is 2. The van der Waals surface area contributed by atoms with Crippen molar-refractivity contribution in [1.82, 2.24) is 4.90 Å². The summed E-state index contributed by atoms with van der Waals surface area (Å²) in [5.41, 5.74) is -0.648. The summed E-state index contributed by atoms with van der Waals surface area (Å²) < 4.78 is 0. The highest BCUT2D eigenvalue weighted by Gasteiger charge is 2.38. The SMILES string of the molecule is CCCC(C)C(=O)N1CCC(C)(C(=O)O)CC1. The summed E-state index contributed by atoms with van der Waals surface area (Å²) >= 11 is 0. The number of carboxylic acids is 1. The molecule has 1 heterocycles. The molecule has 4 nitrogen and oxygen atoms in total. The van der Waals surface area contributed by atoms with Gasteiger partial charge in [0.25, 0.3) is 0 Å². The lowest BCUT2D eigenvalue weighted by atomic mass is 9.80. The largest absolute Gasteiger partial charge is 0.481 e. The maximum Gasteiger partial charge on any atom is 0.309 e. The molecule has 1 amide bonds. The Morgan fingerprint density at radius 1 is 1.35 bits per heavy atom. The molecule has 0 spiro atoms. The number of aliphatic carboxylic acids is 1. The minimum absolute atomic E-state index is 0.0641. The summed E-state index contributed by atoms with van der Waals surface area (Å²) in [4.78, 5) is 25.0. The van der Waals surface area contributed by atoms with Crippen LogP contribution >= 0.6 is 0 Å². The molecule has 1 N–H and O–H groups in total. The summed E-state index contributed by atoms with van der Waals surface area (Å²) in [6.45, 7) is 6.95. The molecule has 0 saturated carbocycles. The van der Waals surface area contributed by atoms with Crippen molar-refractivity contribution < 1.29 is 14.7 Å². The topological polar surface area (TPSA) is 57.6 Å². The summed E-state index contributed by atoms with van der Waals surface area (Å²) in [6.07, 6.45) is 3.04. The highest BCUT2D eigenvalue weighted by molar-refractivity contribution is 5.79. The van der Waals surface area contributed by atoms with Crippen LogP contribution in [0.15, 0.2) is 0 Å². The number of carbonyl (C=O) groups excluding carboxylic acids is 1. The summed E-state index contributed by atoms with van der Waals surface area (Å²) in [5, 5.41) is 9.11. The molecule has 1 aliphatic heterocycles. The first-order valence-electron chi connectivity index (χ1n) is 6.43. The average Bonchev–Trinajstić information content (AvgIpc) is 2.29. The Morgan fingerprint density at radius 3 is 2.29 bits per heavy atom. The summed E-state index contributed by atoms with van der Waals surface area (Å²) in [5.74, 6) is -0.500. The number of piperidine rings is 1. The number of rotatable bonds is 4. The fourth-order valence-electron chi connectivity index (χ4n) is 2.30. The molecule has 1 aliphatic rings. The molecule has 0 aromatic heterocycles. The summed E-state index contributed by atoms with van der Waals surface area (Å²) in [6, 6.07) is 0. The van der Waals surface area contributed by atoms with Gasteiger partial charge in [-0.2, -0.15) is 0 Å². The van der Waals surface area contributed by atoms with E-state index in [-0.39, 0.29) is 11.8 Å². The minimum Gasteiger partial charge on any atom is -0.481 e. The highest BCUT2D eigenvalue weighted by atomic mass is 16.4. The summed E-state index contributed by atoms with van der Waals surface area (Å²) in [7, 11) is 0. The van der Waals surface area contributed by atoms with Crippen molar-refractivity contribution in [1.29, 1.82) is 0 Å². The quantitative estimate of drug-likeness (QED) is 0.820. The normalized spacial score (nSPS) is 21.0. The Hall–Kier alpha value is -1.06. The molecule has 1 rings (SSSR count). The smallest absolute Gasteiger partial charge is 0.309 e. The fourth-order valence-corrected chi connectivity index (χ4v) is 2.30. The Kier molecular flexibility index (Phi) is 4.54. The monoisotopic (exact) mass is 241 g/mol. The first kappa shape index (κ1) is 14.0. The van der Waals surface area contributed by atoms with Crippen LogP contribution in [0.4, 0.5) is 0 Å². The molecule has 4 heteroatoms. The maximum absolute atomic E-state index is 12.0. The van der Waals surface area contributed by atoms with Crippen molar-refractivity contribution in [3.05, 3.63) is 0 Å². The van der Waals surface area contributed by atoms with Gasteiger partial charge in [0.2, 0.25) is 5.91 Å². The van der Waals surface area contributed by atoms with Crippen LogP contribution in [-0.4, -0.2) is 35.0 Å². The number of hydrogen-bond donors (Lipinski definition) is 1. The first-order valence-corrected chi connectivity index (χ1v) is 6.43. The third-order valence-electron chi connectivity index (χ3n) is 3.84. The van der Waals surface area contributed by atoms with E-state index in [1.54, 1.807) is 6.92 Å². The van der Waals surface area contributed by atoms with Gasteiger partial charge in [0.05, 0.1) is 5.41 Å². The molecule has 1 atom stereocenters. The minimum atomic E-state index is -0.744. The van der Waals surface area contributed by atoms with Gasteiger partial charge in [-0.25, -0.2) is 0 Å². The van der Waals surface area contributed by atoms with E-state index in [0.29, 0.717) is 25.9 Å². The van der Waals surface area contributed by atoms with E-state index in [2.05, 4.69) is 6.92 Å². The lowest BCUT2D eigenvalue weighted by molar-refractivity contribution is -0.153. The second-order valence-electron chi connectivity index (χ2n) is 5.38. The fraction of sp³-hybridized carbons (Fsp3) is 0.846. The van der Waals surface area contributed by atoms with Crippen LogP contribution in [0.5, 0.6) is 0 Å². The molecule has 0 bridgehead atoms. The molecule has 17 heavy (non-hydrogen) atoms. The zero-order chi connectivity index (χ0) is 13.1.